The number of unbranched alkanes of at least 4 members (excludes halogenated alkanes) is 5. The highest BCUT2D eigenvalue weighted by molar-refractivity contribution is 5.95. The SMILES string of the molecule is CC(C)COc1cccc(C(=O)NCCCCCCCCNC(=O)c2cccc(OCC(C)C)c2)c1. The molecular formula is C30H44N2O4. The first kappa shape index (κ1) is 29.2. The summed E-state index contributed by atoms with van der Waals surface area (Å²) in [5, 5.41) is 5.99. The fourth-order valence-corrected chi connectivity index (χ4v) is 3.55. The summed E-state index contributed by atoms with van der Waals surface area (Å²) in [6, 6.07) is 14.7. The van der Waals surface area contributed by atoms with Crippen LogP contribution in [0.1, 0.15) is 86.9 Å². The predicted molar refractivity (Wildman–Crippen MR) is 146 cm³/mol. The molecule has 2 aromatic carbocycles. The van der Waals surface area contributed by atoms with Gasteiger partial charge in [0.05, 0.1) is 13.2 Å². The molecule has 2 aromatic rings. The molecule has 2 amide bonds. The monoisotopic (exact) mass is 496 g/mol. The average Bonchev–Trinajstić information content (AvgIpc) is 2.87. The van der Waals surface area contributed by atoms with Gasteiger partial charge in [-0.1, -0.05) is 65.5 Å². The Bertz CT molecular complexity index is 851. The molecule has 198 valence electrons. The van der Waals surface area contributed by atoms with Crippen molar-refractivity contribution in [1.29, 1.82) is 0 Å². The number of rotatable bonds is 17. The van der Waals surface area contributed by atoms with E-state index in [0.717, 1.165) is 50.0 Å². The zero-order valence-electron chi connectivity index (χ0n) is 22.5. The third kappa shape index (κ3) is 12.1. The lowest BCUT2D eigenvalue weighted by Crippen LogP contribution is -2.24. The zero-order valence-corrected chi connectivity index (χ0v) is 22.5. The predicted octanol–water partition coefficient (Wildman–Crippen LogP) is 6.26. The summed E-state index contributed by atoms with van der Waals surface area (Å²) in [4.78, 5) is 24.7. The Balaban J connectivity index is 1.51. The number of hydrogen-bond acceptors (Lipinski definition) is 4. The molecule has 6 nitrogen and oxygen atoms in total. The van der Waals surface area contributed by atoms with E-state index in [9.17, 15) is 9.59 Å². The molecule has 2 N–H and O–H groups in total. The van der Waals surface area contributed by atoms with E-state index < -0.39 is 0 Å². The summed E-state index contributed by atoms with van der Waals surface area (Å²) in [5.74, 6) is 2.24. The van der Waals surface area contributed by atoms with E-state index in [0.29, 0.717) is 49.3 Å². The second kappa shape index (κ2) is 16.6. The smallest absolute Gasteiger partial charge is 0.251 e. The van der Waals surface area contributed by atoms with Crippen LogP contribution in [0.3, 0.4) is 0 Å². The van der Waals surface area contributed by atoms with Gasteiger partial charge in [-0.15, -0.1) is 0 Å². The minimum Gasteiger partial charge on any atom is -0.493 e. The topological polar surface area (TPSA) is 76.7 Å². The Morgan fingerprint density at radius 2 is 1.03 bits per heavy atom. The first-order chi connectivity index (χ1) is 17.3. The maximum atomic E-state index is 12.4. The summed E-state index contributed by atoms with van der Waals surface area (Å²) in [6.07, 6.45) is 6.32. The number of amides is 2. The zero-order chi connectivity index (χ0) is 26.2. The van der Waals surface area contributed by atoms with Gasteiger partial charge in [0.15, 0.2) is 0 Å². The molecule has 0 unspecified atom stereocenters. The summed E-state index contributed by atoms with van der Waals surface area (Å²) in [7, 11) is 0. The summed E-state index contributed by atoms with van der Waals surface area (Å²) in [5.41, 5.74) is 1.27. The number of carbonyl (C=O) groups is 2. The number of carbonyl (C=O) groups excluding carboxylic acids is 2. The van der Waals surface area contributed by atoms with Crippen molar-refractivity contribution in [3.05, 3.63) is 59.7 Å². The number of nitrogens with one attached hydrogen (secondary N) is 2. The van der Waals surface area contributed by atoms with Gasteiger partial charge >= 0.3 is 0 Å². The van der Waals surface area contributed by atoms with Gasteiger partial charge in [0.1, 0.15) is 11.5 Å². The van der Waals surface area contributed by atoms with Crippen LogP contribution in [0.25, 0.3) is 0 Å². The van der Waals surface area contributed by atoms with Crippen LogP contribution in [-0.4, -0.2) is 38.1 Å². The molecule has 0 spiro atoms. The van der Waals surface area contributed by atoms with Crippen molar-refractivity contribution in [3.63, 3.8) is 0 Å². The Morgan fingerprint density at radius 1 is 0.639 bits per heavy atom. The Hall–Kier alpha value is -3.02. The van der Waals surface area contributed by atoms with Crippen molar-refractivity contribution < 1.29 is 19.1 Å². The summed E-state index contributed by atoms with van der Waals surface area (Å²) in [6.45, 7) is 11.0. The first-order valence-corrected chi connectivity index (χ1v) is 13.4. The largest absolute Gasteiger partial charge is 0.493 e. The molecule has 0 aliphatic rings. The van der Waals surface area contributed by atoms with E-state index in [1.54, 1.807) is 12.1 Å². The van der Waals surface area contributed by atoms with Crippen molar-refractivity contribution in [1.82, 2.24) is 10.6 Å². The van der Waals surface area contributed by atoms with Gasteiger partial charge in [0.2, 0.25) is 0 Å². The van der Waals surface area contributed by atoms with E-state index in [1.165, 1.54) is 0 Å². The molecule has 0 atom stereocenters. The van der Waals surface area contributed by atoms with Crippen LogP contribution in [-0.2, 0) is 0 Å². The lowest BCUT2D eigenvalue weighted by Gasteiger charge is -2.10. The van der Waals surface area contributed by atoms with Gasteiger partial charge in [-0.25, -0.2) is 0 Å². The van der Waals surface area contributed by atoms with E-state index in [2.05, 4.69) is 38.3 Å². The molecule has 0 saturated carbocycles. The van der Waals surface area contributed by atoms with Crippen molar-refractivity contribution >= 4 is 11.8 Å². The van der Waals surface area contributed by atoms with Crippen molar-refractivity contribution in [2.24, 2.45) is 11.8 Å². The normalized spacial score (nSPS) is 10.9. The quantitative estimate of drug-likeness (QED) is 0.254. The Morgan fingerprint density at radius 3 is 1.42 bits per heavy atom. The highest BCUT2D eigenvalue weighted by atomic mass is 16.5. The van der Waals surface area contributed by atoms with E-state index in [1.807, 2.05) is 36.4 Å². The summed E-state index contributed by atoms with van der Waals surface area (Å²) < 4.78 is 11.4. The van der Waals surface area contributed by atoms with Crippen LogP contribution in [0.15, 0.2) is 48.5 Å². The van der Waals surface area contributed by atoms with Crippen molar-refractivity contribution in [2.45, 2.75) is 66.2 Å². The number of benzene rings is 2. The molecule has 0 radical (unpaired) electrons. The van der Waals surface area contributed by atoms with Crippen LogP contribution in [0, 0.1) is 11.8 Å². The molecule has 0 aromatic heterocycles. The number of hydrogen-bond donors (Lipinski definition) is 2. The van der Waals surface area contributed by atoms with Crippen LogP contribution >= 0.6 is 0 Å². The van der Waals surface area contributed by atoms with Gasteiger partial charge in [-0.05, 0) is 61.1 Å². The molecule has 0 bridgehead atoms. The third-order valence-corrected chi connectivity index (χ3v) is 5.53. The van der Waals surface area contributed by atoms with Gasteiger partial charge in [0.25, 0.3) is 11.8 Å². The lowest BCUT2D eigenvalue weighted by atomic mass is 10.1. The molecule has 0 saturated heterocycles. The van der Waals surface area contributed by atoms with Crippen LogP contribution in [0.5, 0.6) is 11.5 Å². The second-order valence-corrected chi connectivity index (χ2v) is 10.1. The average molecular weight is 497 g/mol. The van der Waals surface area contributed by atoms with Gasteiger partial charge in [-0.2, -0.15) is 0 Å². The lowest BCUT2D eigenvalue weighted by molar-refractivity contribution is 0.0944. The number of ether oxygens (including phenoxy) is 2. The highest BCUT2D eigenvalue weighted by Crippen LogP contribution is 2.15. The molecule has 0 aliphatic heterocycles. The second-order valence-electron chi connectivity index (χ2n) is 10.1. The van der Waals surface area contributed by atoms with Crippen LogP contribution < -0.4 is 20.1 Å². The van der Waals surface area contributed by atoms with Crippen LogP contribution in [0.2, 0.25) is 0 Å². The van der Waals surface area contributed by atoms with E-state index in [4.69, 9.17) is 9.47 Å². The summed E-state index contributed by atoms with van der Waals surface area (Å²) >= 11 is 0. The highest BCUT2D eigenvalue weighted by Gasteiger charge is 2.08. The van der Waals surface area contributed by atoms with Crippen molar-refractivity contribution in [2.75, 3.05) is 26.3 Å². The standard InChI is InChI=1S/C30H44N2O4/c1-23(2)21-35-27-15-11-13-25(19-27)29(33)31-17-9-7-5-6-8-10-18-32-30(34)26-14-12-16-28(20-26)36-22-24(3)4/h11-16,19-20,23-24H,5-10,17-18,21-22H2,1-4H3,(H,31,33)(H,32,34). The Labute approximate surface area is 217 Å². The minimum absolute atomic E-state index is 0.0576. The maximum absolute atomic E-state index is 12.4. The van der Waals surface area contributed by atoms with E-state index >= 15 is 0 Å². The van der Waals surface area contributed by atoms with Gasteiger partial charge in [0, 0.05) is 24.2 Å². The molecule has 0 aliphatic carbocycles. The van der Waals surface area contributed by atoms with Gasteiger partial charge < -0.3 is 20.1 Å². The first-order valence-electron chi connectivity index (χ1n) is 13.4. The molecule has 0 heterocycles. The van der Waals surface area contributed by atoms with E-state index in [-0.39, 0.29) is 11.8 Å². The van der Waals surface area contributed by atoms with Gasteiger partial charge in [-0.3, -0.25) is 9.59 Å². The van der Waals surface area contributed by atoms with Crippen molar-refractivity contribution in [3.8, 4) is 11.5 Å². The molecular weight excluding hydrogens is 452 g/mol. The minimum atomic E-state index is -0.0576. The molecule has 6 heteroatoms. The third-order valence-electron chi connectivity index (χ3n) is 5.53. The van der Waals surface area contributed by atoms with Crippen LogP contribution in [0.4, 0.5) is 0 Å². The fourth-order valence-electron chi connectivity index (χ4n) is 3.55. The molecule has 2 rings (SSSR count). The molecule has 36 heavy (non-hydrogen) atoms. The Kier molecular flexibility index (Phi) is 13.5. The fraction of sp³-hybridized carbons (Fsp3) is 0.533. The molecule has 0 fully saturated rings. The maximum Gasteiger partial charge on any atom is 0.251 e.